The monoisotopic (exact) mass is 640 g/mol. The maximum Gasteiger partial charge on any atom is 0.408 e. The number of ether oxygens (including phenoxy) is 2. The molecule has 0 spiro atoms. The first kappa shape index (κ1) is 30.7. The van der Waals surface area contributed by atoms with Crippen molar-refractivity contribution in [2.24, 2.45) is 7.05 Å². The molecule has 0 aliphatic heterocycles. The van der Waals surface area contributed by atoms with Gasteiger partial charge in [-0.15, -0.1) is 0 Å². The lowest BCUT2D eigenvalue weighted by molar-refractivity contribution is 0.0519. The fraction of sp³-hybridized carbons (Fsp3) is 0.206. The summed E-state index contributed by atoms with van der Waals surface area (Å²) in [5, 5.41) is 3.06. The molecule has 12 heteroatoms. The summed E-state index contributed by atoms with van der Waals surface area (Å²) in [6, 6.07) is 20.6. The number of benzene rings is 3. The molecule has 6 aromatic rings. The molecule has 1 amide bonds. The smallest absolute Gasteiger partial charge is 0.408 e. The molecule has 3 aromatic heterocycles. The van der Waals surface area contributed by atoms with E-state index in [1.165, 1.54) is 22.9 Å². The van der Waals surface area contributed by atoms with Gasteiger partial charge in [0.05, 0.1) is 11.4 Å². The average Bonchev–Trinajstić information content (AvgIpc) is 3.64. The zero-order valence-corrected chi connectivity index (χ0v) is 26.7. The SMILES string of the molecule is Cc1ccc(S(=O)(=O)n2ccc3c(-c4ccc5oc(CNC(=O)OC(C)(C)C)nc5c4Oc4ccccc4)cn(C)c(=O)c32)cc1. The average molecular weight is 641 g/mol. The first-order valence-corrected chi connectivity index (χ1v) is 15.9. The number of aromatic nitrogens is 3. The van der Waals surface area contributed by atoms with Gasteiger partial charge in [0.1, 0.15) is 16.9 Å². The van der Waals surface area contributed by atoms with Gasteiger partial charge in [0, 0.05) is 36.0 Å². The fourth-order valence-electron chi connectivity index (χ4n) is 5.04. The van der Waals surface area contributed by atoms with Crippen LogP contribution in [0.4, 0.5) is 4.79 Å². The quantitative estimate of drug-likeness (QED) is 0.209. The third-order valence-corrected chi connectivity index (χ3v) is 8.85. The Labute approximate surface area is 265 Å². The third kappa shape index (κ3) is 5.86. The summed E-state index contributed by atoms with van der Waals surface area (Å²) >= 11 is 0. The molecule has 0 aliphatic carbocycles. The number of hydrogen-bond donors (Lipinski definition) is 1. The maximum absolute atomic E-state index is 13.7. The summed E-state index contributed by atoms with van der Waals surface area (Å²) in [7, 11) is -2.53. The van der Waals surface area contributed by atoms with E-state index >= 15 is 0 Å². The number of oxazole rings is 1. The number of fused-ring (bicyclic) bond motifs is 2. The Morgan fingerprint density at radius 3 is 2.39 bits per heavy atom. The highest BCUT2D eigenvalue weighted by atomic mass is 32.2. The van der Waals surface area contributed by atoms with Crippen molar-refractivity contribution in [2.75, 3.05) is 0 Å². The van der Waals surface area contributed by atoms with Crippen LogP contribution in [0.5, 0.6) is 11.5 Å². The van der Waals surface area contributed by atoms with Crippen LogP contribution in [0.1, 0.15) is 32.2 Å². The number of carbonyl (C=O) groups excluding carboxylic acids is 1. The van der Waals surface area contributed by atoms with Gasteiger partial charge < -0.3 is 23.8 Å². The number of carbonyl (C=O) groups is 1. The van der Waals surface area contributed by atoms with E-state index in [0.717, 1.165) is 9.54 Å². The lowest BCUT2D eigenvalue weighted by Gasteiger charge is -2.19. The van der Waals surface area contributed by atoms with Crippen LogP contribution in [0, 0.1) is 6.92 Å². The van der Waals surface area contributed by atoms with Gasteiger partial charge in [-0.1, -0.05) is 35.9 Å². The van der Waals surface area contributed by atoms with Crippen LogP contribution in [0.2, 0.25) is 0 Å². The van der Waals surface area contributed by atoms with Crippen molar-refractivity contribution in [1.29, 1.82) is 0 Å². The van der Waals surface area contributed by atoms with Gasteiger partial charge in [-0.25, -0.2) is 22.2 Å². The lowest BCUT2D eigenvalue weighted by atomic mass is 10.0. The molecule has 3 heterocycles. The minimum absolute atomic E-state index is 0.00580. The van der Waals surface area contributed by atoms with Gasteiger partial charge in [-0.2, -0.15) is 0 Å². The molecule has 236 valence electrons. The molecule has 0 saturated carbocycles. The number of nitrogens with zero attached hydrogens (tertiary/aromatic N) is 3. The largest absolute Gasteiger partial charge is 0.454 e. The second kappa shape index (κ2) is 11.5. The summed E-state index contributed by atoms with van der Waals surface area (Å²) in [4.78, 5) is 30.5. The van der Waals surface area contributed by atoms with Crippen molar-refractivity contribution >= 4 is 38.1 Å². The van der Waals surface area contributed by atoms with Gasteiger partial charge in [-0.05, 0) is 70.2 Å². The van der Waals surface area contributed by atoms with Gasteiger partial charge in [0.25, 0.3) is 15.6 Å². The molecule has 0 bridgehead atoms. The Bertz CT molecular complexity index is 2260. The molecule has 11 nitrogen and oxygen atoms in total. The van der Waals surface area contributed by atoms with E-state index in [0.29, 0.717) is 39.1 Å². The maximum atomic E-state index is 13.7. The van der Waals surface area contributed by atoms with Crippen LogP contribution in [0.25, 0.3) is 33.1 Å². The van der Waals surface area contributed by atoms with Crippen molar-refractivity contribution in [2.45, 2.75) is 44.7 Å². The van der Waals surface area contributed by atoms with E-state index in [4.69, 9.17) is 13.9 Å². The Balaban J connectivity index is 1.51. The zero-order chi connectivity index (χ0) is 32.8. The van der Waals surface area contributed by atoms with E-state index in [1.54, 1.807) is 76.5 Å². The summed E-state index contributed by atoms with van der Waals surface area (Å²) in [6.45, 7) is 7.13. The topological polar surface area (TPSA) is 135 Å². The van der Waals surface area contributed by atoms with Crippen molar-refractivity contribution in [3.63, 3.8) is 0 Å². The van der Waals surface area contributed by atoms with Crippen molar-refractivity contribution < 1.29 is 27.1 Å². The number of nitrogens with one attached hydrogen (secondary N) is 1. The van der Waals surface area contributed by atoms with E-state index in [-0.39, 0.29) is 22.8 Å². The summed E-state index contributed by atoms with van der Waals surface area (Å²) < 4.78 is 47.5. The van der Waals surface area contributed by atoms with Crippen molar-refractivity contribution in [1.82, 2.24) is 18.8 Å². The molecule has 46 heavy (non-hydrogen) atoms. The number of amides is 1. The number of hydrogen-bond acceptors (Lipinski definition) is 8. The summed E-state index contributed by atoms with van der Waals surface area (Å²) in [5.41, 5.74) is 1.61. The number of rotatable bonds is 7. The first-order chi connectivity index (χ1) is 21.8. The molecule has 0 saturated heterocycles. The molecule has 3 aromatic carbocycles. The van der Waals surface area contributed by atoms with Gasteiger partial charge >= 0.3 is 6.09 Å². The molecule has 0 fully saturated rings. The lowest BCUT2D eigenvalue weighted by Crippen LogP contribution is -2.32. The highest BCUT2D eigenvalue weighted by Crippen LogP contribution is 2.42. The Hall–Kier alpha value is -5.36. The highest BCUT2D eigenvalue weighted by Gasteiger charge is 2.26. The Morgan fingerprint density at radius 1 is 0.978 bits per heavy atom. The van der Waals surface area contributed by atoms with Crippen LogP contribution in [-0.2, 0) is 28.4 Å². The van der Waals surface area contributed by atoms with E-state index in [2.05, 4.69) is 10.3 Å². The predicted octanol–water partition coefficient (Wildman–Crippen LogP) is 6.51. The van der Waals surface area contributed by atoms with E-state index in [1.807, 2.05) is 25.1 Å². The number of pyridine rings is 1. The predicted molar refractivity (Wildman–Crippen MR) is 174 cm³/mol. The molecule has 0 radical (unpaired) electrons. The molecular weight excluding hydrogens is 608 g/mol. The van der Waals surface area contributed by atoms with Crippen LogP contribution in [0.15, 0.2) is 99.3 Å². The van der Waals surface area contributed by atoms with E-state index in [9.17, 15) is 18.0 Å². The van der Waals surface area contributed by atoms with Crippen LogP contribution in [-0.4, -0.2) is 33.6 Å². The molecule has 0 atom stereocenters. The highest BCUT2D eigenvalue weighted by molar-refractivity contribution is 7.90. The van der Waals surface area contributed by atoms with Crippen LogP contribution in [0.3, 0.4) is 0 Å². The summed E-state index contributed by atoms with van der Waals surface area (Å²) in [5.74, 6) is 1.06. The van der Waals surface area contributed by atoms with E-state index < -0.39 is 27.3 Å². The van der Waals surface area contributed by atoms with Crippen molar-refractivity contribution in [3.8, 4) is 22.6 Å². The zero-order valence-electron chi connectivity index (χ0n) is 25.9. The Morgan fingerprint density at radius 2 is 1.70 bits per heavy atom. The second-order valence-electron chi connectivity index (χ2n) is 11.8. The minimum atomic E-state index is -4.09. The molecule has 0 unspecified atom stereocenters. The molecular formula is C34H32N4O7S. The van der Waals surface area contributed by atoms with Gasteiger partial charge in [0.2, 0.25) is 5.89 Å². The van der Waals surface area contributed by atoms with Crippen molar-refractivity contribution in [3.05, 3.63) is 107 Å². The Kier molecular flexibility index (Phi) is 7.69. The molecule has 1 N–H and O–H groups in total. The molecule has 6 rings (SSSR count). The minimum Gasteiger partial charge on any atom is -0.454 e. The number of alkyl carbamates (subject to hydrolysis) is 1. The van der Waals surface area contributed by atoms with Gasteiger partial charge in [0.15, 0.2) is 16.8 Å². The van der Waals surface area contributed by atoms with Gasteiger partial charge in [-0.3, -0.25) is 4.79 Å². The fourth-order valence-corrected chi connectivity index (χ4v) is 6.39. The first-order valence-electron chi connectivity index (χ1n) is 14.5. The normalized spacial score (nSPS) is 12.0. The van der Waals surface area contributed by atoms with Crippen LogP contribution >= 0.6 is 0 Å². The third-order valence-electron chi connectivity index (χ3n) is 7.16. The number of para-hydroxylation sites is 1. The second-order valence-corrected chi connectivity index (χ2v) is 13.6. The molecule has 0 aliphatic rings. The van der Waals surface area contributed by atoms with Crippen LogP contribution < -0.4 is 15.6 Å². The number of aryl methyl sites for hydroxylation is 2. The summed E-state index contributed by atoms with van der Waals surface area (Å²) in [6.07, 6.45) is 2.41. The standard InChI is InChI=1S/C34H32N4O7S/c1-21-11-13-23(14-12-21)46(41,42)38-18-17-24-26(20-37(5)32(39)30(24)38)25-15-16-27-29(31(25)43-22-9-7-6-8-10-22)36-28(44-27)19-35-33(40)45-34(2,3)4/h6-18,20H,19H2,1-5H3,(H,35,40).